The van der Waals surface area contributed by atoms with Gasteiger partial charge in [0.05, 0.1) is 5.52 Å². The summed E-state index contributed by atoms with van der Waals surface area (Å²) in [5, 5.41) is 1.04. The summed E-state index contributed by atoms with van der Waals surface area (Å²) < 4.78 is 0. The maximum absolute atomic E-state index is 12.1. The summed E-state index contributed by atoms with van der Waals surface area (Å²) in [6, 6.07) is 9.78. The number of nitrogens with zero attached hydrogens (tertiary/aromatic N) is 1. The second kappa shape index (κ2) is 5.30. The van der Waals surface area contributed by atoms with Crippen molar-refractivity contribution in [1.29, 1.82) is 0 Å². The Balaban J connectivity index is 2.30. The molecule has 2 nitrogen and oxygen atoms in total. The van der Waals surface area contributed by atoms with Gasteiger partial charge in [-0.3, -0.25) is 9.78 Å². The van der Waals surface area contributed by atoms with Crippen LogP contribution in [0.5, 0.6) is 0 Å². The molecule has 0 saturated heterocycles. The summed E-state index contributed by atoms with van der Waals surface area (Å²) in [4.78, 5) is 16.5. The number of hydrogen-bond acceptors (Lipinski definition) is 2. The third kappa shape index (κ3) is 2.76. The van der Waals surface area contributed by atoms with E-state index < -0.39 is 0 Å². The van der Waals surface area contributed by atoms with E-state index in [9.17, 15) is 4.79 Å². The minimum Gasteiger partial charge on any atom is -0.294 e. The van der Waals surface area contributed by atoms with Crippen molar-refractivity contribution in [2.75, 3.05) is 0 Å². The summed E-state index contributed by atoms with van der Waals surface area (Å²) in [5.41, 5.74) is 2.75. The van der Waals surface area contributed by atoms with E-state index in [2.05, 4.69) is 18.8 Å². The van der Waals surface area contributed by atoms with Crippen molar-refractivity contribution in [2.45, 2.75) is 33.6 Å². The lowest BCUT2D eigenvalue weighted by Gasteiger charge is -2.08. The molecule has 1 aromatic carbocycles. The van der Waals surface area contributed by atoms with Crippen molar-refractivity contribution in [2.24, 2.45) is 5.92 Å². The number of aryl methyl sites for hydroxylation is 1. The number of hydrogen-bond donors (Lipinski definition) is 0. The van der Waals surface area contributed by atoms with Gasteiger partial charge in [-0.15, -0.1) is 0 Å². The smallest absolute Gasteiger partial charge is 0.163 e. The van der Waals surface area contributed by atoms with Crippen LogP contribution in [-0.4, -0.2) is 10.8 Å². The fourth-order valence-electron chi connectivity index (χ4n) is 1.98. The maximum atomic E-state index is 12.1. The van der Waals surface area contributed by atoms with Crippen LogP contribution in [0.25, 0.3) is 10.9 Å². The van der Waals surface area contributed by atoms with Gasteiger partial charge in [0.1, 0.15) is 0 Å². The van der Waals surface area contributed by atoms with Gasteiger partial charge in [-0.25, -0.2) is 0 Å². The monoisotopic (exact) mass is 241 g/mol. The van der Waals surface area contributed by atoms with E-state index in [0.29, 0.717) is 12.3 Å². The van der Waals surface area contributed by atoms with Gasteiger partial charge in [-0.05, 0) is 37.1 Å². The molecule has 0 fully saturated rings. The zero-order chi connectivity index (χ0) is 13.1. The number of fused-ring (bicyclic) bond motifs is 1. The predicted octanol–water partition coefficient (Wildman–Crippen LogP) is 4.16. The molecule has 0 amide bonds. The molecule has 1 heterocycles. The molecule has 0 spiro atoms. The van der Waals surface area contributed by atoms with Crippen LogP contribution in [0, 0.1) is 12.8 Å². The Hall–Kier alpha value is -1.70. The molecule has 0 bridgehead atoms. The van der Waals surface area contributed by atoms with Crippen molar-refractivity contribution in [1.82, 2.24) is 4.98 Å². The number of Topliss-reactive ketones (excluding diaryl/α,β-unsaturated/α-hetero) is 1. The van der Waals surface area contributed by atoms with Crippen molar-refractivity contribution in [3.63, 3.8) is 0 Å². The van der Waals surface area contributed by atoms with Crippen LogP contribution in [-0.2, 0) is 0 Å². The first-order valence-corrected chi connectivity index (χ1v) is 6.50. The van der Waals surface area contributed by atoms with Crippen LogP contribution in [0.15, 0.2) is 30.3 Å². The lowest BCUT2D eigenvalue weighted by Crippen LogP contribution is -2.05. The molecule has 0 aliphatic heterocycles. The Labute approximate surface area is 108 Å². The molecule has 0 saturated carbocycles. The molecule has 0 aliphatic carbocycles. The lowest BCUT2D eigenvalue weighted by atomic mass is 9.97. The lowest BCUT2D eigenvalue weighted by molar-refractivity contribution is 0.0964. The molecule has 1 atom stereocenters. The van der Waals surface area contributed by atoms with E-state index in [1.807, 2.05) is 37.3 Å². The Morgan fingerprint density at radius 1 is 1.28 bits per heavy atom. The fourth-order valence-corrected chi connectivity index (χ4v) is 1.98. The minimum absolute atomic E-state index is 0.229. The van der Waals surface area contributed by atoms with Crippen molar-refractivity contribution in [3.05, 3.63) is 41.6 Å². The highest BCUT2D eigenvalue weighted by atomic mass is 16.1. The van der Waals surface area contributed by atoms with Gasteiger partial charge < -0.3 is 0 Å². The SMILES string of the molecule is CCC(C)CC(=O)c1ccc2nc(C)ccc2c1. The van der Waals surface area contributed by atoms with Crippen LogP contribution in [0.3, 0.4) is 0 Å². The number of benzene rings is 1. The summed E-state index contributed by atoms with van der Waals surface area (Å²) in [6.07, 6.45) is 1.67. The molecule has 1 aromatic heterocycles. The van der Waals surface area contributed by atoms with Crippen LogP contribution >= 0.6 is 0 Å². The number of rotatable bonds is 4. The first kappa shape index (κ1) is 12.7. The molecule has 2 rings (SSSR count). The number of pyridine rings is 1. The standard InChI is InChI=1S/C16H19NO/c1-4-11(2)9-16(18)14-7-8-15-13(10-14)6-5-12(3)17-15/h5-8,10-11H,4,9H2,1-3H3. The van der Waals surface area contributed by atoms with Gasteiger partial charge in [-0.2, -0.15) is 0 Å². The van der Waals surface area contributed by atoms with Gasteiger partial charge in [0, 0.05) is 23.1 Å². The number of carbonyl (C=O) groups is 1. The second-order valence-corrected chi connectivity index (χ2v) is 5.00. The first-order chi connectivity index (χ1) is 8.60. The Bertz CT molecular complexity index is 574. The van der Waals surface area contributed by atoms with E-state index in [1.54, 1.807) is 0 Å². The first-order valence-electron chi connectivity index (χ1n) is 6.50. The third-order valence-corrected chi connectivity index (χ3v) is 3.38. The summed E-state index contributed by atoms with van der Waals surface area (Å²) in [7, 11) is 0. The van der Waals surface area contributed by atoms with E-state index in [-0.39, 0.29) is 5.78 Å². The highest BCUT2D eigenvalue weighted by molar-refractivity contribution is 5.99. The van der Waals surface area contributed by atoms with Gasteiger partial charge in [-0.1, -0.05) is 26.3 Å². The highest BCUT2D eigenvalue weighted by Gasteiger charge is 2.10. The summed E-state index contributed by atoms with van der Waals surface area (Å²) in [6.45, 7) is 6.20. The zero-order valence-corrected chi connectivity index (χ0v) is 11.2. The molecule has 2 aromatic rings. The molecular formula is C16H19NO. The van der Waals surface area contributed by atoms with Crippen LogP contribution in [0.2, 0.25) is 0 Å². The normalized spacial score (nSPS) is 12.6. The van der Waals surface area contributed by atoms with Gasteiger partial charge in [0.2, 0.25) is 0 Å². The van der Waals surface area contributed by atoms with Crippen LogP contribution in [0.4, 0.5) is 0 Å². The molecule has 1 unspecified atom stereocenters. The van der Waals surface area contributed by atoms with E-state index in [1.165, 1.54) is 0 Å². The largest absolute Gasteiger partial charge is 0.294 e. The van der Waals surface area contributed by atoms with E-state index >= 15 is 0 Å². The molecule has 0 N–H and O–H groups in total. The topological polar surface area (TPSA) is 30.0 Å². The predicted molar refractivity (Wildman–Crippen MR) is 74.9 cm³/mol. The Kier molecular flexibility index (Phi) is 3.75. The van der Waals surface area contributed by atoms with Crippen molar-refractivity contribution in [3.8, 4) is 0 Å². The second-order valence-electron chi connectivity index (χ2n) is 5.00. The summed E-state index contributed by atoms with van der Waals surface area (Å²) in [5.74, 6) is 0.677. The average molecular weight is 241 g/mol. The van der Waals surface area contributed by atoms with Crippen molar-refractivity contribution < 1.29 is 4.79 Å². The Morgan fingerprint density at radius 3 is 2.78 bits per heavy atom. The van der Waals surface area contributed by atoms with Crippen LogP contribution < -0.4 is 0 Å². The molecule has 18 heavy (non-hydrogen) atoms. The molecule has 2 heteroatoms. The number of carbonyl (C=O) groups excluding carboxylic acids is 1. The van der Waals surface area contributed by atoms with Crippen LogP contribution in [0.1, 0.15) is 42.7 Å². The van der Waals surface area contributed by atoms with Crippen molar-refractivity contribution >= 4 is 16.7 Å². The number of ketones is 1. The molecular weight excluding hydrogens is 222 g/mol. The average Bonchev–Trinajstić information content (AvgIpc) is 2.37. The molecule has 0 aliphatic rings. The molecule has 94 valence electrons. The van der Waals surface area contributed by atoms with Gasteiger partial charge in [0.15, 0.2) is 5.78 Å². The maximum Gasteiger partial charge on any atom is 0.163 e. The van der Waals surface area contributed by atoms with Gasteiger partial charge in [0.25, 0.3) is 0 Å². The third-order valence-electron chi connectivity index (χ3n) is 3.38. The quantitative estimate of drug-likeness (QED) is 0.752. The highest BCUT2D eigenvalue weighted by Crippen LogP contribution is 2.18. The summed E-state index contributed by atoms with van der Waals surface area (Å²) >= 11 is 0. The van der Waals surface area contributed by atoms with E-state index in [4.69, 9.17) is 0 Å². The van der Waals surface area contributed by atoms with Gasteiger partial charge >= 0.3 is 0 Å². The molecule has 0 radical (unpaired) electrons. The number of aromatic nitrogens is 1. The van der Waals surface area contributed by atoms with E-state index in [0.717, 1.165) is 28.6 Å². The fraction of sp³-hybridized carbons (Fsp3) is 0.375. The zero-order valence-electron chi connectivity index (χ0n) is 11.2. The minimum atomic E-state index is 0.229. The Morgan fingerprint density at radius 2 is 2.06 bits per heavy atom.